The molecule has 0 fully saturated rings. The van der Waals surface area contributed by atoms with Crippen LogP contribution in [0.1, 0.15) is 42.3 Å². The summed E-state index contributed by atoms with van der Waals surface area (Å²) >= 11 is 6.09. The summed E-state index contributed by atoms with van der Waals surface area (Å²) in [5, 5.41) is 22.3. The standard InChI is InChI=1S/C27H24ClFN4O4/c1-27(2,3)37-26(35)33-25(31)32-24(34)23-21(36-15-16-7-5-4-6-8-16)12-9-17(14-30)22(23)19-13-18(28)10-11-20(19)29/h4-13H,15H2,1-3H3,(H3,31,32,33,34,35). The number of carbonyl (C=O) groups is 2. The van der Waals surface area contributed by atoms with Crippen LogP contribution in [-0.4, -0.2) is 23.6 Å². The molecule has 3 rings (SSSR count). The van der Waals surface area contributed by atoms with Crippen molar-refractivity contribution in [3.05, 3.63) is 88.2 Å². The summed E-state index contributed by atoms with van der Waals surface area (Å²) in [6, 6.07) is 17.6. The number of rotatable bonds is 5. The molecule has 190 valence electrons. The van der Waals surface area contributed by atoms with Crippen LogP contribution in [-0.2, 0) is 11.3 Å². The fraction of sp³-hybridized carbons (Fsp3) is 0.185. The van der Waals surface area contributed by atoms with Gasteiger partial charge in [-0.2, -0.15) is 5.26 Å². The third-order valence-electron chi connectivity index (χ3n) is 4.81. The summed E-state index contributed by atoms with van der Waals surface area (Å²) in [4.78, 5) is 25.5. The molecule has 0 aliphatic rings. The van der Waals surface area contributed by atoms with Gasteiger partial charge >= 0.3 is 6.09 Å². The molecule has 0 bridgehead atoms. The highest BCUT2D eigenvalue weighted by molar-refractivity contribution is 6.31. The average Bonchev–Trinajstić information content (AvgIpc) is 2.82. The minimum absolute atomic E-state index is 0.0231. The Balaban J connectivity index is 2.05. The van der Waals surface area contributed by atoms with Gasteiger partial charge in [-0.25, -0.2) is 9.18 Å². The topological polar surface area (TPSA) is 124 Å². The van der Waals surface area contributed by atoms with E-state index in [2.05, 4.69) is 10.6 Å². The second-order valence-corrected chi connectivity index (χ2v) is 9.26. The second-order valence-electron chi connectivity index (χ2n) is 8.83. The van der Waals surface area contributed by atoms with Gasteiger partial charge in [0.15, 0.2) is 0 Å². The monoisotopic (exact) mass is 522 g/mol. The number of ether oxygens (including phenoxy) is 2. The van der Waals surface area contributed by atoms with Gasteiger partial charge in [-0.15, -0.1) is 0 Å². The number of benzene rings is 3. The highest BCUT2D eigenvalue weighted by Gasteiger charge is 2.26. The number of guanidine groups is 1. The summed E-state index contributed by atoms with van der Waals surface area (Å²) in [6.07, 6.45) is -0.953. The number of nitriles is 1. The van der Waals surface area contributed by atoms with Crippen LogP contribution in [0.2, 0.25) is 5.02 Å². The van der Waals surface area contributed by atoms with Gasteiger partial charge in [-0.3, -0.25) is 20.8 Å². The van der Waals surface area contributed by atoms with E-state index in [0.29, 0.717) is 0 Å². The molecule has 0 aliphatic heterocycles. The molecule has 0 aromatic heterocycles. The highest BCUT2D eigenvalue weighted by Crippen LogP contribution is 2.37. The van der Waals surface area contributed by atoms with E-state index in [-0.39, 0.29) is 39.6 Å². The Morgan fingerprint density at radius 3 is 2.43 bits per heavy atom. The van der Waals surface area contributed by atoms with Crippen LogP contribution in [0.15, 0.2) is 60.7 Å². The SMILES string of the molecule is CC(C)(C)OC(=O)NC(=N)NC(=O)c1c(OCc2ccccc2)ccc(C#N)c1-c1cc(Cl)ccc1F. The van der Waals surface area contributed by atoms with Crippen molar-refractivity contribution >= 4 is 29.6 Å². The zero-order valence-electron chi connectivity index (χ0n) is 20.3. The maximum atomic E-state index is 14.9. The Bertz CT molecular complexity index is 1380. The molecule has 0 spiro atoms. The number of nitrogens with one attached hydrogen (secondary N) is 3. The van der Waals surface area contributed by atoms with Crippen LogP contribution in [0.5, 0.6) is 5.75 Å². The third-order valence-corrected chi connectivity index (χ3v) is 5.05. The van der Waals surface area contributed by atoms with E-state index < -0.39 is 29.4 Å². The zero-order valence-corrected chi connectivity index (χ0v) is 21.1. The molecular weight excluding hydrogens is 499 g/mol. The molecule has 8 nitrogen and oxygen atoms in total. The number of nitrogens with zero attached hydrogens (tertiary/aromatic N) is 1. The Morgan fingerprint density at radius 1 is 1.08 bits per heavy atom. The van der Waals surface area contributed by atoms with Gasteiger partial charge in [-0.1, -0.05) is 41.9 Å². The second kappa shape index (κ2) is 11.5. The average molecular weight is 523 g/mol. The molecule has 10 heteroatoms. The lowest BCUT2D eigenvalue weighted by Crippen LogP contribution is -2.45. The number of hydrogen-bond donors (Lipinski definition) is 3. The Labute approximate surface area is 218 Å². The van der Waals surface area contributed by atoms with Crippen molar-refractivity contribution in [2.24, 2.45) is 0 Å². The summed E-state index contributed by atoms with van der Waals surface area (Å²) in [7, 11) is 0. The van der Waals surface area contributed by atoms with Crippen molar-refractivity contribution in [1.82, 2.24) is 10.6 Å². The smallest absolute Gasteiger partial charge is 0.414 e. The van der Waals surface area contributed by atoms with Crippen molar-refractivity contribution < 1.29 is 23.5 Å². The molecule has 2 amide bonds. The van der Waals surface area contributed by atoms with Crippen LogP contribution < -0.4 is 15.4 Å². The maximum absolute atomic E-state index is 14.9. The first-order valence-corrected chi connectivity index (χ1v) is 11.5. The Hall–Kier alpha value is -4.42. The predicted molar refractivity (Wildman–Crippen MR) is 137 cm³/mol. The van der Waals surface area contributed by atoms with Gasteiger partial charge < -0.3 is 9.47 Å². The molecule has 3 aromatic carbocycles. The molecule has 0 radical (unpaired) electrons. The minimum Gasteiger partial charge on any atom is -0.488 e. The van der Waals surface area contributed by atoms with Crippen LogP contribution >= 0.6 is 11.6 Å². The van der Waals surface area contributed by atoms with Crippen molar-refractivity contribution in [2.45, 2.75) is 33.0 Å². The lowest BCUT2D eigenvalue weighted by molar-refractivity contribution is 0.0561. The van der Waals surface area contributed by atoms with Gasteiger partial charge in [0.2, 0.25) is 5.96 Å². The molecule has 37 heavy (non-hydrogen) atoms. The van der Waals surface area contributed by atoms with Crippen LogP contribution in [0.25, 0.3) is 11.1 Å². The number of amides is 2. The lowest BCUT2D eigenvalue weighted by Gasteiger charge is -2.20. The van der Waals surface area contributed by atoms with Crippen molar-refractivity contribution in [3.63, 3.8) is 0 Å². The van der Waals surface area contributed by atoms with Crippen LogP contribution in [0, 0.1) is 22.6 Å². The maximum Gasteiger partial charge on any atom is 0.414 e. The van der Waals surface area contributed by atoms with Gasteiger partial charge in [-0.05, 0) is 56.7 Å². The number of carbonyl (C=O) groups excluding carboxylic acids is 2. The van der Waals surface area contributed by atoms with E-state index in [1.54, 1.807) is 20.8 Å². The molecule has 0 unspecified atom stereocenters. The first-order valence-electron chi connectivity index (χ1n) is 11.1. The highest BCUT2D eigenvalue weighted by atomic mass is 35.5. The van der Waals surface area contributed by atoms with Gasteiger partial charge in [0, 0.05) is 16.1 Å². The van der Waals surface area contributed by atoms with Crippen molar-refractivity contribution in [1.29, 1.82) is 10.7 Å². The summed E-state index contributed by atoms with van der Waals surface area (Å²) in [5.41, 5.74) is -0.447. The summed E-state index contributed by atoms with van der Waals surface area (Å²) in [6.45, 7) is 5.00. The van der Waals surface area contributed by atoms with E-state index in [1.807, 2.05) is 36.4 Å². The first-order chi connectivity index (χ1) is 17.5. The van der Waals surface area contributed by atoms with E-state index in [0.717, 1.165) is 11.6 Å². The van der Waals surface area contributed by atoms with E-state index in [9.17, 15) is 19.2 Å². The largest absolute Gasteiger partial charge is 0.488 e. The number of alkyl carbamates (subject to hydrolysis) is 1. The van der Waals surface area contributed by atoms with Gasteiger partial charge in [0.1, 0.15) is 23.8 Å². The predicted octanol–water partition coefficient (Wildman–Crippen LogP) is 5.79. The molecule has 0 atom stereocenters. The molecule has 3 N–H and O–H groups in total. The fourth-order valence-electron chi connectivity index (χ4n) is 3.34. The summed E-state index contributed by atoms with van der Waals surface area (Å²) < 4.78 is 25.9. The summed E-state index contributed by atoms with van der Waals surface area (Å²) in [5.74, 6) is -2.30. The molecule has 3 aromatic rings. The lowest BCUT2D eigenvalue weighted by atomic mass is 9.93. The van der Waals surface area contributed by atoms with Crippen molar-refractivity contribution in [3.8, 4) is 22.9 Å². The molecule has 0 saturated heterocycles. The minimum atomic E-state index is -0.953. The number of hydrogen-bond acceptors (Lipinski definition) is 6. The van der Waals surface area contributed by atoms with Crippen LogP contribution in [0.3, 0.4) is 0 Å². The quantitative estimate of drug-likeness (QED) is 0.289. The van der Waals surface area contributed by atoms with Gasteiger partial charge in [0.25, 0.3) is 5.91 Å². The van der Waals surface area contributed by atoms with E-state index in [1.165, 1.54) is 24.3 Å². The molecule has 0 saturated carbocycles. The third kappa shape index (κ3) is 7.29. The molecular formula is C27H24ClFN4O4. The first kappa shape index (κ1) is 27.2. The Morgan fingerprint density at radius 2 is 1.78 bits per heavy atom. The van der Waals surface area contributed by atoms with E-state index >= 15 is 0 Å². The number of halogens is 2. The molecule has 0 aliphatic carbocycles. The molecule has 0 heterocycles. The zero-order chi connectivity index (χ0) is 27.2. The van der Waals surface area contributed by atoms with Gasteiger partial charge in [0.05, 0.1) is 17.2 Å². The van der Waals surface area contributed by atoms with Crippen molar-refractivity contribution in [2.75, 3.05) is 0 Å². The fourth-order valence-corrected chi connectivity index (χ4v) is 3.51. The van der Waals surface area contributed by atoms with E-state index in [4.69, 9.17) is 26.5 Å². The Kier molecular flexibility index (Phi) is 8.48. The normalized spacial score (nSPS) is 10.7. The van der Waals surface area contributed by atoms with Crippen LogP contribution in [0.4, 0.5) is 9.18 Å².